The van der Waals surface area contributed by atoms with Crippen LogP contribution in [0.4, 0.5) is 5.69 Å². The van der Waals surface area contributed by atoms with Crippen molar-refractivity contribution in [3.63, 3.8) is 0 Å². The standard InChI is InChI=1S/C15H25N3O/c1-13-12-14(4-5-15(13)19-2)17-6-3-9-18-10-7-16-8-11-18/h4-5,12,16-17H,3,6-11H2,1-2H3. The van der Waals surface area contributed by atoms with Crippen molar-refractivity contribution in [3.8, 4) is 5.75 Å². The fourth-order valence-corrected chi connectivity index (χ4v) is 2.46. The lowest BCUT2D eigenvalue weighted by Gasteiger charge is -2.27. The van der Waals surface area contributed by atoms with Gasteiger partial charge in [0.15, 0.2) is 0 Å². The molecule has 0 bridgehead atoms. The Morgan fingerprint density at radius 3 is 2.79 bits per heavy atom. The van der Waals surface area contributed by atoms with Crippen LogP contribution in [0.1, 0.15) is 12.0 Å². The van der Waals surface area contributed by atoms with Crippen LogP contribution in [0.5, 0.6) is 5.75 Å². The van der Waals surface area contributed by atoms with E-state index in [1.165, 1.54) is 37.3 Å². The molecule has 2 N–H and O–H groups in total. The third kappa shape index (κ3) is 4.40. The molecule has 0 radical (unpaired) electrons. The highest BCUT2D eigenvalue weighted by Crippen LogP contribution is 2.21. The highest BCUT2D eigenvalue weighted by molar-refractivity contribution is 5.50. The van der Waals surface area contributed by atoms with Crippen molar-refractivity contribution in [2.45, 2.75) is 13.3 Å². The second kappa shape index (κ2) is 7.36. The third-order valence-electron chi connectivity index (χ3n) is 3.58. The van der Waals surface area contributed by atoms with E-state index in [2.05, 4.69) is 34.6 Å². The Labute approximate surface area is 116 Å². The first kappa shape index (κ1) is 14.2. The van der Waals surface area contributed by atoms with Gasteiger partial charge in [0.25, 0.3) is 0 Å². The van der Waals surface area contributed by atoms with Gasteiger partial charge in [-0.3, -0.25) is 0 Å². The van der Waals surface area contributed by atoms with Gasteiger partial charge < -0.3 is 20.3 Å². The number of benzene rings is 1. The molecule has 0 saturated carbocycles. The van der Waals surface area contributed by atoms with Crippen LogP contribution >= 0.6 is 0 Å². The van der Waals surface area contributed by atoms with Crippen LogP contribution in [-0.4, -0.2) is 51.3 Å². The Hall–Kier alpha value is -1.26. The second-order valence-corrected chi connectivity index (χ2v) is 5.06. The SMILES string of the molecule is COc1ccc(NCCCN2CCNCC2)cc1C. The van der Waals surface area contributed by atoms with Crippen molar-refractivity contribution in [2.24, 2.45) is 0 Å². The molecule has 1 aromatic carbocycles. The number of hydrogen-bond donors (Lipinski definition) is 2. The molecule has 0 atom stereocenters. The van der Waals surface area contributed by atoms with Crippen LogP contribution in [0, 0.1) is 6.92 Å². The molecular weight excluding hydrogens is 238 g/mol. The van der Waals surface area contributed by atoms with Crippen molar-refractivity contribution < 1.29 is 4.74 Å². The van der Waals surface area contributed by atoms with Gasteiger partial charge in [-0.2, -0.15) is 0 Å². The summed E-state index contributed by atoms with van der Waals surface area (Å²) < 4.78 is 5.26. The molecule has 0 unspecified atom stereocenters. The molecule has 19 heavy (non-hydrogen) atoms. The maximum Gasteiger partial charge on any atom is 0.121 e. The number of anilines is 1. The molecule has 0 aromatic heterocycles. The minimum absolute atomic E-state index is 0.950. The zero-order chi connectivity index (χ0) is 13.5. The Kier molecular flexibility index (Phi) is 5.48. The van der Waals surface area contributed by atoms with Gasteiger partial charge in [-0.15, -0.1) is 0 Å². The normalized spacial score (nSPS) is 16.3. The molecule has 0 aliphatic carbocycles. The van der Waals surface area contributed by atoms with Gasteiger partial charge >= 0.3 is 0 Å². The van der Waals surface area contributed by atoms with Gasteiger partial charge in [0.1, 0.15) is 5.75 Å². The van der Waals surface area contributed by atoms with Crippen LogP contribution in [0.3, 0.4) is 0 Å². The molecule has 106 valence electrons. The monoisotopic (exact) mass is 263 g/mol. The molecule has 1 heterocycles. The first-order valence-electron chi connectivity index (χ1n) is 7.11. The van der Waals surface area contributed by atoms with E-state index in [0.29, 0.717) is 0 Å². The number of aryl methyl sites for hydroxylation is 1. The van der Waals surface area contributed by atoms with Gasteiger partial charge in [-0.05, 0) is 43.7 Å². The van der Waals surface area contributed by atoms with E-state index in [-0.39, 0.29) is 0 Å². The zero-order valence-electron chi connectivity index (χ0n) is 12.0. The van der Waals surface area contributed by atoms with Crippen molar-refractivity contribution in [1.82, 2.24) is 10.2 Å². The minimum Gasteiger partial charge on any atom is -0.496 e. The largest absolute Gasteiger partial charge is 0.496 e. The number of rotatable bonds is 6. The summed E-state index contributed by atoms with van der Waals surface area (Å²) in [6.45, 7) is 8.91. The summed E-state index contributed by atoms with van der Waals surface area (Å²) in [5.41, 5.74) is 2.35. The van der Waals surface area contributed by atoms with E-state index in [9.17, 15) is 0 Å². The van der Waals surface area contributed by atoms with Crippen LogP contribution in [0.25, 0.3) is 0 Å². The molecule has 0 amide bonds. The highest BCUT2D eigenvalue weighted by Gasteiger charge is 2.08. The third-order valence-corrected chi connectivity index (χ3v) is 3.58. The van der Waals surface area contributed by atoms with Crippen LogP contribution in [0.2, 0.25) is 0 Å². The molecule has 1 saturated heterocycles. The zero-order valence-corrected chi connectivity index (χ0v) is 12.0. The van der Waals surface area contributed by atoms with Crippen molar-refractivity contribution in [2.75, 3.05) is 51.7 Å². The summed E-state index contributed by atoms with van der Waals surface area (Å²) in [6.07, 6.45) is 1.19. The van der Waals surface area contributed by atoms with E-state index in [4.69, 9.17) is 4.74 Å². The van der Waals surface area contributed by atoms with Gasteiger partial charge in [0.2, 0.25) is 0 Å². The number of nitrogens with one attached hydrogen (secondary N) is 2. The number of ether oxygens (including phenoxy) is 1. The van der Waals surface area contributed by atoms with Gasteiger partial charge in [0, 0.05) is 38.4 Å². The summed E-state index contributed by atoms with van der Waals surface area (Å²) in [5.74, 6) is 0.950. The Morgan fingerprint density at radius 2 is 2.11 bits per heavy atom. The van der Waals surface area contributed by atoms with E-state index in [0.717, 1.165) is 25.4 Å². The van der Waals surface area contributed by atoms with E-state index < -0.39 is 0 Å². The van der Waals surface area contributed by atoms with Gasteiger partial charge in [-0.1, -0.05) is 0 Å². The molecule has 4 nitrogen and oxygen atoms in total. The average Bonchev–Trinajstić information content (AvgIpc) is 2.45. The Balaban J connectivity index is 1.69. The van der Waals surface area contributed by atoms with E-state index in [1.807, 2.05) is 6.07 Å². The van der Waals surface area contributed by atoms with Crippen molar-refractivity contribution in [1.29, 1.82) is 0 Å². The molecule has 1 aliphatic heterocycles. The molecular formula is C15H25N3O. The van der Waals surface area contributed by atoms with Crippen molar-refractivity contribution >= 4 is 5.69 Å². The lowest BCUT2D eigenvalue weighted by atomic mass is 10.2. The van der Waals surface area contributed by atoms with Crippen LogP contribution in [0.15, 0.2) is 18.2 Å². The highest BCUT2D eigenvalue weighted by atomic mass is 16.5. The summed E-state index contributed by atoms with van der Waals surface area (Å²) in [5, 5.41) is 6.86. The van der Waals surface area contributed by atoms with E-state index in [1.54, 1.807) is 7.11 Å². The predicted octanol–water partition coefficient (Wildman–Crippen LogP) is 1.71. The van der Waals surface area contributed by atoms with Crippen LogP contribution in [-0.2, 0) is 0 Å². The Morgan fingerprint density at radius 1 is 1.32 bits per heavy atom. The topological polar surface area (TPSA) is 36.5 Å². The quantitative estimate of drug-likeness (QED) is 0.766. The number of nitrogens with zero attached hydrogens (tertiary/aromatic N) is 1. The number of methoxy groups -OCH3 is 1. The van der Waals surface area contributed by atoms with Crippen LogP contribution < -0.4 is 15.4 Å². The molecule has 1 aromatic rings. The second-order valence-electron chi connectivity index (χ2n) is 5.06. The number of hydrogen-bond acceptors (Lipinski definition) is 4. The summed E-state index contributed by atoms with van der Waals surface area (Å²) in [4.78, 5) is 2.53. The average molecular weight is 263 g/mol. The molecule has 1 fully saturated rings. The smallest absolute Gasteiger partial charge is 0.121 e. The molecule has 0 spiro atoms. The maximum atomic E-state index is 5.26. The lowest BCUT2D eigenvalue weighted by Crippen LogP contribution is -2.44. The first-order valence-corrected chi connectivity index (χ1v) is 7.11. The van der Waals surface area contributed by atoms with Gasteiger partial charge in [-0.25, -0.2) is 0 Å². The predicted molar refractivity (Wildman–Crippen MR) is 80.1 cm³/mol. The van der Waals surface area contributed by atoms with Gasteiger partial charge in [0.05, 0.1) is 7.11 Å². The summed E-state index contributed by atoms with van der Waals surface area (Å²) >= 11 is 0. The molecule has 2 rings (SSSR count). The molecule has 4 heteroatoms. The fraction of sp³-hybridized carbons (Fsp3) is 0.600. The maximum absolute atomic E-state index is 5.26. The van der Waals surface area contributed by atoms with E-state index >= 15 is 0 Å². The molecule has 1 aliphatic rings. The minimum atomic E-state index is 0.950. The van der Waals surface area contributed by atoms with Crippen molar-refractivity contribution in [3.05, 3.63) is 23.8 Å². The number of piperazine rings is 1. The lowest BCUT2D eigenvalue weighted by molar-refractivity contribution is 0.240. The first-order chi connectivity index (χ1) is 9.29. The summed E-state index contributed by atoms with van der Waals surface area (Å²) in [7, 11) is 1.71. The summed E-state index contributed by atoms with van der Waals surface area (Å²) in [6, 6.07) is 6.24. The fourth-order valence-electron chi connectivity index (χ4n) is 2.46. The Bertz CT molecular complexity index is 389.